The highest BCUT2D eigenvalue weighted by Crippen LogP contribution is 2.13. The van der Waals surface area contributed by atoms with E-state index in [1.807, 2.05) is 0 Å². The molecule has 70 valence electrons. The van der Waals surface area contributed by atoms with Crippen LogP contribution < -0.4 is 5.73 Å². The summed E-state index contributed by atoms with van der Waals surface area (Å²) in [5, 5.41) is 0. The van der Waals surface area contributed by atoms with Gasteiger partial charge in [0.2, 0.25) is 5.91 Å². The van der Waals surface area contributed by atoms with Crippen molar-refractivity contribution in [2.24, 2.45) is 11.7 Å². The molecule has 1 heterocycles. The Bertz CT molecular complexity index is 161. The summed E-state index contributed by atoms with van der Waals surface area (Å²) in [6.07, 6.45) is 1.16. The molecule has 1 fully saturated rings. The first-order valence-electron chi connectivity index (χ1n) is 4.23. The summed E-state index contributed by atoms with van der Waals surface area (Å²) in [4.78, 5) is 12.6. The zero-order valence-corrected chi connectivity index (χ0v) is 7.45. The zero-order valence-electron chi connectivity index (χ0n) is 7.45. The first kappa shape index (κ1) is 9.48. The third kappa shape index (κ3) is 3.19. The average Bonchev–Trinajstić information content (AvgIpc) is 2.35. The lowest BCUT2D eigenvalue weighted by atomic mass is 10.1. The van der Waals surface area contributed by atoms with Gasteiger partial charge in [0.25, 0.3) is 0 Å². The van der Waals surface area contributed by atoms with Crippen LogP contribution in [0, 0.1) is 5.92 Å². The van der Waals surface area contributed by atoms with Crippen LogP contribution >= 0.6 is 0 Å². The molecule has 0 radical (unpaired) electrons. The fourth-order valence-corrected chi connectivity index (χ4v) is 1.49. The Morgan fingerprint density at radius 1 is 1.75 bits per heavy atom. The number of likely N-dealkylation sites (tertiary alicyclic amines) is 1. The molecule has 0 aromatic rings. The lowest BCUT2D eigenvalue weighted by molar-refractivity contribution is -0.122. The predicted octanol–water partition coefficient (Wildman–Crippen LogP) is -0.560. The van der Waals surface area contributed by atoms with Crippen LogP contribution in [0.3, 0.4) is 0 Å². The van der Waals surface area contributed by atoms with Crippen LogP contribution in [0.25, 0.3) is 0 Å². The first-order chi connectivity index (χ1) is 5.68. The molecule has 1 rings (SSSR count). The molecule has 0 bridgehead atoms. The van der Waals surface area contributed by atoms with Crippen LogP contribution in [0.4, 0.5) is 0 Å². The predicted molar refractivity (Wildman–Crippen MR) is 45.6 cm³/mol. The summed E-state index contributed by atoms with van der Waals surface area (Å²) >= 11 is 0. The Kier molecular flexibility index (Phi) is 3.49. The van der Waals surface area contributed by atoms with Gasteiger partial charge in [0.05, 0.1) is 6.61 Å². The lowest BCUT2D eigenvalue weighted by Gasteiger charge is -2.09. The molecule has 1 aliphatic rings. The van der Waals surface area contributed by atoms with E-state index < -0.39 is 0 Å². The smallest absolute Gasteiger partial charge is 0.243 e. The van der Waals surface area contributed by atoms with Gasteiger partial charge in [-0.2, -0.15) is 0 Å². The Labute approximate surface area is 72.7 Å². The quantitative estimate of drug-likeness (QED) is 0.618. The monoisotopic (exact) mass is 172 g/mol. The van der Waals surface area contributed by atoms with Gasteiger partial charge in [-0.3, -0.25) is 4.79 Å². The van der Waals surface area contributed by atoms with E-state index in [1.54, 1.807) is 0 Å². The number of hydrogen-bond donors (Lipinski definition) is 1. The van der Waals surface area contributed by atoms with Gasteiger partial charge in [-0.15, -0.1) is 0 Å². The molecule has 1 atom stereocenters. The van der Waals surface area contributed by atoms with Crippen LogP contribution in [0.1, 0.15) is 6.42 Å². The van der Waals surface area contributed by atoms with Crippen molar-refractivity contribution in [2.75, 3.05) is 33.4 Å². The molecule has 4 heteroatoms. The number of nitrogens with two attached hydrogens (primary N) is 1. The minimum absolute atomic E-state index is 0.0558. The van der Waals surface area contributed by atoms with Gasteiger partial charge in [-0.05, 0) is 25.9 Å². The van der Waals surface area contributed by atoms with Crippen LogP contribution in [0.5, 0.6) is 0 Å². The number of amides is 1. The largest absolute Gasteiger partial charge is 0.371 e. The summed E-state index contributed by atoms with van der Waals surface area (Å²) in [5.74, 6) is 0.190. The Hall–Kier alpha value is -0.610. The Morgan fingerprint density at radius 2 is 2.50 bits per heavy atom. The lowest BCUT2D eigenvalue weighted by Crippen LogP contribution is -2.22. The minimum atomic E-state index is -0.388. The van der Waals surface area contributed by atoms with Crippen molar-refractivity contribution in [3.8, 4) is 0 Å². The maximum absolute atomic E-state index is 10.3. The summed E-state index contributed by atoms with van der Waals surface area (Å²) in [6, 6.07) is 0. The molecule has 0 saturated carbocycles. The second-order valence-corrected chi connectivity index (χ2v) is 3.40. The fraction of sp³-hybridized carbons (Fsp3) is 0.875. The number of nitrogens with zero attached hydrogens (tertiary/aromatic N) is 1. The third-order valence-corrected chi connectivity index (χ3v) is 2.09. The number of carbonyl (C=O) groups is 1. The number of rotatable bonds is 4. The molecule has 1 amide bonds. The maximum Gasteiger partial charge on any atom is 0.243 e. The molecule has 0 aromatic heterocycles. The highest BCUT2D eigenvalue weighted by Gasteiger charge is 2.19. The van der Waals surface area contributed by atoms with Crippen molar-refractivity contribution in [3.05, 3.63) is 0 Å². The minimum Gasteiger partial charge on any atom is -0.371 e. The summed E-state index contributed by atoms with van der Waals surface area (Å²) in [5.41, 5.74) is 4.93. The van der Waals surface area contributed by atoms with E-state index in [0.717, 1.165) is 19.5 Å². The third-order valence-electron chi connectivity index (χ3n) is 2.09. The maximum atomic E-state index is 10.3. The topological polar surface area (TPSA) is 55.6 Å². The van der Waals surface area contributed by atoms with E-state index in [4.69, 9.17) is 10.5 Å². The molecule has 2 N–H and O–H groups in total. The summed E-state index contributed by atoms with van der Waals surface area (Å²) < 4.78 is 5.13. The second-order valence-electron chi connectivity index (χ2n) is 3.40. The second kappa shape index (κ2) is 4.42. The van der Waals surface area contributed by atoms with Crippen molar-refractivity contribution < 1.29 is 9.53 Å². The van der Waals surface area contributed by atoms with Crippen LogP contribution in [0.15, 0.2) is 0 Å². The molecule has 0 aliphatic carbocycles. The van der Waals surface area contributed by atoms with E-state index in [-0.39, 0.29) is 12.5 Å². The van der Waals surface area contributed by atoms with Crippen LogP contribution in [-0.2, 0) is 9.53 Å². The molecule has 0 spiro atoms. The van der Waals surface area contributed by atoms with Crippen LogP contribution in [-0.4, -0.2) is 44.2 Å². The first-order valence-corrected chi connectivity index (χ1v) is 4.23. The van der Waals surface area contributed by atoms with Gasteiger partial charge >= 0.3 is 0 Å². The van der Waals surface area contributed by atoms with Gasteiger partial charge in [0.15, 0.2) is 0 Å². The van der Waals surface area contributed by atoms with Crippen molar-refractivity contribution in [1.82, 2.24) is 4.90 Å². The normalized spacial score (nSPS) is 24.6. The molecule has 1 saturated heterocycles. The highest BCUT2D eigenvalue weighted by molar-refractivity contribution is 5.74. The number of hydrogen-bond acceptors (Lipinski definition) is 3. The Morgan fingerprint density at radius 3 is 3.00 bits per heavy atom. The SMILES string of the molecule is CN1CCC(COCC(N)=O)C1. The number of ether oxygens (including phenoxy) is 1. The standard InChI is InChI=1S/C8H16N2O2/c1-10-3-2-7(4-10)5-12-6-8(9)11/h7H,2-6H2,1H3,(H2,9,11). The van der Waals surface area contributed by atoms with Crippen molar-refractivity contribution >= 4 is 5.91 Å². The van der Waals surface area contributed by atoms with E-state index in [9.17, 15) is 4.79 Å². The fourth-order valence-electron chi connectivity index (χ4n) is 1.49. The van der Waals surface area contributed by atoms with E-state index in [2.05, 4.69) is 11.9 Å². The molecule has 1 unspecified atom stereocenters. The summed E-state index contributed by atoms with van der Waals surface area (Å²) in [7, 11) is 2.09. The Balaban J connectivity index is 2.04. The van der Waals surface area contributed by atoms with E-state index in [0.29, 0.717) is 12.5 Å². The van der Waals surface area contributed by atoms with Crippen molar-refractivity contribution in [1.29, 1.82) is 0 Å². The molecule has 0 aromatic carbocycles. The molecule has 4 nitrogen and oxygen atoms in total. The molecular weight excluding hydrogens is 156 g/mol. The summed E-state index contributed by atoms with van der Waals surface area (Å²) in [6.45, 7) is 2.91. The average molecular weight is 172 g/mol. The van der Waals surface area contributed by atoms with Gasteiger partial charge in [-0.25, -0.2) is 0 Å². The van der Waals surface area contributed by atoms with Gasteiger partial charge < -0.3 is 15.4 Å². The van der Waals surface area contributed by atoms with Gasteiger partial charge in [0, 0.05) is 6.54 Å². The molecule has 1 aliphatic heterocycles. The highest BCUT2D eigenvalue weighted by atomic mass is 16.5. The van der Waals surface area contributed by atoms with Crippen LogP contribution in [0.2, 0.25) is 0 Å². The van der Waals surface area contributed by atoms with E-state index >= 15 is 0 Å². The van der Waals surface area contributed by atoms with Gasteiger partial charge in [-0.1, -0.05) is 0 Å². The number of primary amides is 1. The zero-order chi connectivity index (χ0) is 8.97. The number of carbonyl (C=O) groups excluding carboxylic acids is 1. The van der Waals surface area contributed by atoms with Crippen molar-refractivity contribution in [3.63, 3.8) is 0 Å². The van der Waals surface area contributed by atoms with Gasteiger partial charge in [0.1, 0.15) is 6.61 Å². The van der Waals surface area contributed by atoms with Crippen molar-refractivity contribution in [2.45, 2.75) is 6.42 Å². The molecular formula is C8H16N2O2. The molecule has 12 heavy (non-hydrogen) atoms. The van der Waals surface area contributed by atoms with E-state index in [1.165, 1.54) is 0 Å².